The summed E-state index contributed by atoms with van der Waals surface area (Å²) in [6, 6.07) is 13.2. The van der Waals surface area contributed by atoms with E-state index in [0.717, 1.165) is 11.1 Å². The summed E-state index contributed by atoms with van der Waals surface area (Å²) in [7, 11) is 0. The first kappa shape index (κ1) is 15.9. The Kier molecular flexibility index (Phi) is 4.42. The molecule has 0 saturated heterocycles. The second-order valence-corrected chi connectivity index (χ2v) is 5.72. The SMILES string of the molecule is NC(=O)c1ccc(CC(=O)N2CC=C(c3ccccc3F)C2)cc1. The minimum Gasteiger partial charge on any atom is -0.366 e. The van der Waals surface area contributed by atoms with Gasteiger partial charge in [0.2, 0.25) is 11.8 Å². The van der Waals surface area contributed by atoms with E-state index in [1.165, 1.54) is 6.07 Å². The molecule has 1 heterocycles. The number of primary amides is 1. The van der Waals surface area contributed by atoms with Crippen LogP contribution in [0.3, 0.4) is 0 Å². The quantitative estimate of drug-likeness (QED) is 0.938. The van der Waals surface area contributed by atoms with E-state index in [0.29, 0.717) is 24.2 Å². The highest BCUT2D eigenvalue weighted by molar-refractivity contribution is 5.93. The van der Waals surface area contributed by atoms with Crippen molar-refractivity contribution in [3.8, 4) is 0 Å². The number of hydrogen-bond donors (Lipinski definition) is 1. The van der Waals surface area contributed by atoms with E-state index in [1.54, 1.807) is 47.4 Å². The molecule has 2 N–H and O–H groups in total. The second kappa shape index (κ2) is 6.66. The molecule has 122 valence electrons. The first-order valence-electron chi connectivity index (χ1n) is 7.65. The molecule has 4 nitrogen and oxygen atoms in total. The molecule has 0 radical (unpaired) electrons. The fraction of sp³-hybridized carbons (Fsp3) is 0.158. The molecule has 3 rings (SSSR count). The van der Waals surface area contributed by atoms with Crippen molar-refractivity contribution in [3.05, 3.63) is 77.1 Å². The van der Waals surface area contributed by atoms with E-state index >= 15 is 0 Å². The minimum atomic E-state index is -0.494. The normalized spacial score (nSPS) is 13.7. The van der Waals surface area contributed by atoms with E-state index in [4.69, 9.17) is 5.73 Å². The molecule has 0 aliphatic carbocycles. The van der Waals surface area contributed by atoms with Crippen LogP contribution in [0.2, 0.25) is 0 Å². The number of halogens is 1. The van der Waals surface area contributed by atoms with E-state index < -0.39 is 5.91 Å². The lowest BCUT2D eigenvalue weighted by atomic mass is 10.1. The summed E-state index contributed by atoms with van der Waals surface area (Å²) in [5.41, 5.74) is 7.78. The van der Waals surface area contributed by atoms with Crippen molar-refractivity contribution in [2.75, 3.05) is 13.1 Å². The summed E-state index contributed by atoms with van der Waals surface area (Å²) in [4.78, 5) is 25.1. The van der Waals surface area contributed by atoms with Gasteiger partial charge in [-0.2, -0.15) is 0 Å². The predicted octanol–water partition coefficient (Wildman–Crippen LogP) is 2.39. The van der Waals surface area contributed by atoms with Crippen molar-refractivity contribution < 1.29 is 14.0 Å². The smallest absolute Gasteiger partial charge is 0.248 e. The van der Waals surface area contributed by atoms with E-state index in [-0.39, 0.29) is 18.1 Å². The van der Waals surface area contributed by atoms with Gasteiger partial charge < -0.3 is 10.6 Å². The number of hydrogen-bond acceptors (Lipinski definition) is 2. The Morgan fingerprint density at radius 1 is 1.08 bits per heavy atom. The van der Waals surface area contributed by atoms with Crippen LogP contribution in [0.4, 0.5) is 4.39 Å². The Morgan fingerprint density at radius 3 is 2.46 bits per heavy atom. The van der Waals surface area contributed by atoms with Gasteiger partial charge in [-0.3, -0.25) is 9.59 Å². The van der Waals surface area contributed by atoms with Gasteiger partial charge in [-0.15, -0.1) is 0 Å². The number of amides is 2. The molecule has 0 spiro atoms. The maximum atomic E-state index is 13.8. The Morgan fingerprint density at radius 2 is 1.79 bits per heavy atom. The highest BCUT2D eigenvalue weighted by Gasteiger charge is 2.22. The summed E-state index contributed by atoms with van der Waals surface area (Å²) in [5, 5.41) is 0. The molecule has 0 fully saturated rings. The number of carbonyl (C=O) groups is 2. The fourth-order valence-corrected chi connectivity index (χ4v) is 2.74. The zero-order chi connectivity index (χ0) is 17.1. The molecular weight excluding hydrogens is 307 g/mol. The van der Waals surface area contributed by atoms with Crippen LogP contribution in [0.25, 0.3) is 5.57 Å². The van der Waals surface area contributed by atoms with Crippen LogP contribution in [0, 0.1) is 5.82 Å². The molecule has 2 amide bonds. The van der Waals surface area contributed by atoms with Crippen LogP contribution in [0.5, 0.6) is 0 Å². The van der Waals surface area contributed by atoms with Gasteiger partial charge in [-0.25, -0.2) is 4.39 Å². The average Bonchev–Trinajstić information content (AvgIpc) is 3.05. The maximum Gasteiger partial charge on any atom is 0.248 e. The van der Waals surface area contributed by atoms with Gasteiger partial charge >= 0.3 is 0 Å². The lowest BCUT2D eigenvalue weighted by Gasteiger charge is -2.17. The van der Waals surface area contributed by atoms with Crippen LogP contribution < -0.4 is 5.73 Å². The van der Waals surface area contributed by atoms with Crippen molar-refractivity contribution >= 4 is 17.4 Å². The minimum absolute atomic E-state index is 0.0376. The average molecular weight is 324 g/mol. The Hall–Kier alpha value is -2.95. The largest absolute Gasteiger partial charge is 0.366 e. The lowest BCUT2D eigenvalue weighted by molar-refractivity contribution is -0.129. The molecule has 0 saturated carbocycles. The summed E-state index contributed by atoms with van der Waals surface area (Å²) >= 11 is 0. The number of rotatable bonds is 4. The van der Waals surface area contributed by atoms with Crippen LogP contribution >= 0.6 is 0 Å². The van der Waals surface area contributed by atoms with Gasteiger partial charge in [0, 0.05) is 24.2 Å². The van der Waals surface area contributed by atoms with E-state index in [2.05, 4.69) is 0 Å². The molecule has 2 aromatic carbocycles. The van der Waals surface area contributed by atoms with Crippen LogP contribution in [0.15, 0.2) is 54.6 Å². The fourth-order valence-electron chi connectivity index (χ4n) is 2.74. The molecule has 0 unspecified atom stereocenters. The summed E-state index contributed by atoms with van der Waals surface area (Å²) in [5.74, 6) is -0.810. The molecule has 0 atom stereocenters. The van der Waals surface area contributed by atoms with Crippen molar-refractivity contribution in [1.82, 2.24) is 4.90 Å². The molecule has 0 bridgehead atoms. The number of nitrogens with zero attached hydrogens (tertiary/aromatic N) is 1. The van der Waals surface area contributed by atoms with Crippen molar-refractivity contribution in [3.63, 3.8) is 0 Å². The maximum absolute atomic E-state index is 13.8. The van der Waals surface area contributed by atoms with Crippen molar-refractivity contribution in [1.29, 1.82) is 0 Å². The Balaban J connectivity index is 1.63. The molecule has 1 aliphatic heterocycles. The van der Waals surface area contributed by atoms with E-state index in [1.807, 2.05) is 6.08 Å². The monoisotopic (exact) mass is 324 g/mol. The van der Waals surface area contributed by atoms with Gasteiger partial charge in [0.1, 0.15) is 5.82 Å². The first-order valence-corrected chi connectivity index (χ1v) is 7.65. The molecule has 24 heavy (non-hydrogen) atoms. The van der Waals surface area contributed by atoms with Crippen molar-refractivity contribution in [2.45, 2.75) is 6.42 Å². The van der Waals surface area contributed by atoms with Crippen LogP contribution in [-0.4, -0.2) is 29.8 Å². The van der Waals surface area contributed by atoms with Crippen molar-refractivity contribution in [2.24, 2.45) is 5.73 Å². The summed E-state index contributed by atoms with van der Waals surface area (Å²) in [6.07, 6.45) is 2.12. The van der Waals surface area contributed by atoms with Gasteiger partial charge in [-0.1, -0.05) is 36.4 Å². The molecular formula is C19H17FN2O2. The summed E-state index contributed by atoms with van der Waals surface area (Å²) in [6.45, 7) is 0.876. The van der Waals surface area contributed by atoms with Gasteiger partial charge in [-0.05, 0) is 29.3 Å². The lowest BCUT2D eigenvalue weighted by Crippen LogP contribution is -2.30. The van der Waals surface area contributed by atoms with Crippen LogP contribution in [0.1, 0.15) is 21.5 Å². The Bertz CT molecular complexity index is 812. The standard InChI is InChI=1S/C19H17FN2O2/c20-17-4-2-1-3-16(17)15-9-10-22(12-15)18(23)11-13-5-7-14(8-6-13)19(21)24/h1-9H,10-12H2,(H2,21,24). The number of carbonyl (C=O) groups excluding carboxylic acids is 2. The van der Waals surface area contributed by atoms with E-state index in [9.17, 15) is 14.0 Å². The third-order valence-corrected chi connectivity index (χ3v) is 4.09. The number of nitrogens with two attached hydrogens (primary N) is 1. The molecule has 2 aromatic rings. The molecule has 5 heteroatoms. The third-order valence-electron chi connectivity index (χ3n) is 4.09. The highest BCUT2D eigenvalue weighted by Crippen LogP contribution is 2.23. The summed E-state index contributed by atoms with van der Waals surface area (Å²) < 4.78 is 13.8. The zero-order valence-corrected chi connectivity index (χ0v) is 13.0. The third kappa shape index (κ3) is 3.35. The number of benzene rings is 2. The van der Waals surface area contributed by atoms with Gasteiger partial charge in [0.05, 0.1) is 6.42 Å². The highest BCUT2D eigenvalue weighted by atomic mass is 19.1. The van der Waals surface area contributed by atoms with Gasteiger partial charge in [0.25, 0.3) is 0 Å². The molecule has 0 aromatic heterocycles. The first-order chi connectivity index (χ1) is 11.5. The van der Waals surface area contributed by atoms with Gasteiger partial charge in [0.15, 0.2) is 0 Å². The molecule has 1 aliphatic rings. The van der Waals surface area contributed by atoms with Crippen LogP contribution in [-0.2, 0) is 11.2 Å². The second-order valence-electron chi connectivity index (χ2n) is 5.72. The predicted molar refractivity (Wildman–Crippen MR) is 89.6 cm³/mol. The Labute approximate surface area is 139 Å². The zero-order valence-electron chi connectivity index (χ0n) is 13.0. The topological polar surface area (TPSA) is 63.4 Å².